The first-order valence-corrected chi connectivity index (χ1v) is 9.15. The molecule has 0 radical (unpaired) electrons. The van der Waals surface area contributed by atoms with E-state index in [0.29, 0.717) is 28.4 Å². The second-order valence-corrected chi connectivity index (χ2v) is 7.02. The van der Waals surface area contributed by atoms with E-state index in [4.69, 9.17) is 28.9 Å². The van der Waals surface area contributed by atoms with Crippen molar-refractivity contribution in [1.29, 1.82) is 0 Å². The highest BCUT2D eigenvalue weighted by Gasteiger charge is 2.17. The first-order valence-electron chi connectivity index (χ1n) is 8.40. The van der Waals surface area contributed by atoms with E-state index in [-0.39, 0.29) is 12.0 Å². The van der Waals surface area contributed by atoms with Crippen LogP contribution in [-0.4, -0.2) is 26.9 Å². The van der Waals surface area contributed by atoms with Gasteiger partial charge in [-0.3, -0.25) is 4.90 Å². The minimum Gasteiger partial charge on any atom is -0.368 e. The van der Waals surface area contributed by atoms with Crippen LogP contribution in [-0.2, 0) is 6.54 Å². The fourth-order valence-corrected chi connectivity index (χ4v) is 2.88. The van der Waals surface area contributed by atoms with E-state index in [0.717, 1.165) is 11.3 Å². The van der Waals surface area contributed by atoms with Gasteiger partial charge in [0, 0.05) is 12.2 Å². The van der Waals surface area contributed by atoms with Crippen molar-refractivity contribution in [2.24, 2.45) is 0 Å². The molecule has 0 aliphatic rings. The number of para-hydroxylation sites is 1. The first-order chi connectivity index (χ1) is 12.9. The van der Waals surface area contributed by atoms with E-state index >= 15 is 0 Å². The van der Waals surface area contributed by atoms with Gasteiger partial charge in [0.2, 0.25) is 11.9 Å². The van der Waals surface area contributed by atoms with Crippen LogP contribution in [0.1, 0.15) is 24.4 Å². The molecule has 2 aromatic carbocycles. The van der Waals surface area contributed by atoms with Crippen molar-refractivity contribution in [3.05, 3.63) is 70.0 Å². The van der Waals surface area contributed by atoms with Crippen LogP contribution >= 0.6 is 23.2 Å². The fraction of sp³-hybridized carbons (Fsp3) is 0.211. The molecule has 3 rings (SSSR count). The van der Waals surface area contributed by atoms with Gasteiger partial charge in [-0.1, -0.05) is 47.5 Å². The third kappa shape index (κ3) is 5.07. The van der Waals surface area contributed by atoms with E-state index in [1.807, 2.05) is 56.4 Å². The summed E-state index contributed by atoms with van der Waals surface area (Å²) in [6.45, 7) is 2.67. The van der Waals surface area contributed by atoms with Gasteiger partial charge in [0.15, 0.2) is 5.82 Å². The van der Waals surface area contributed by atoms with Crippen molar-refractivity contribution in [2.75, 3.05) is 18.1 Å². The highest BCUT2D eigenvalue weighted by molar-refractivity contribution is 6.42. The minimum absolute atomic E-state index is 0.0823. The van der Waals surface area contributed by atoms with Crippen molar-refractivity contribution in [3.63, 3.8) is 0 Å². The van der Waals surface area contributed by atoms with Crippen molar-refractivity contribution in [1.82, 2.24) is 19.9 Å². The zero-order valence-corrected chi connectivity index (χ0v) is 16.5. The molecular weight excluding hydrogens is 383 g/mol. The quantitative estimate of drug-likeness (QED) is 0.621. The molecule has 8 heteroatoms. The maximum Gasteiger partial charge on any atom is 0.232 e. The molecule has 1 aromatic heterocycles. The highest BCUT2D eigenvalue weighted by Crippen LogP contribution is 2.25. The van der Waals surface area contributed by atoms with E-state index in [9.17, 15) is 0 Å². The molecule has 0 aliphatic carbocycles. The largest absolute Gasteiger partial charge is 0.368 e. The molecule has 27 heavy (non-hydrogen) atoms. The number of nitrogen functional groups attached to an aromatic ring is 1. The number of rotatable bonds is 6. The zero-order valence-electron chi connectivity index (χ0n) is 15.0. The summed E-state index contributed by atoms with van der Waals surface area (Å²) in [5.74, 6) is 1.18. The Morgan fingerprint density at radius 2 is 1.78 bits per heavy atom. The maximum atomic E-state index is 6.10. The molecule has 0 amide bonds. The predicted molar refractivity (Wildman–Crippen MR) is 110 cm³/mol. The number of anilines is 3. The smallest absolute Gasteiger partial charge is 0.232 e. The number of halogens is 2. The molecule has 0 saturated heterocycles. The summed E-state index contributed by atoms with van der Waals surface area (Å²) in [5.41, 5.74) is 7.81. The van der Waals surface area contributed by atoms with Gasteiger partial charge in [0.1, 0.15) is 0 Å². The molecule has 3 aromatic rings. The van der Waals surface area contributed by atoms with Crippen LogP contribution in [0.2, 0.25) is 10.0 Å². The summed E-state index contributed by atoms with van der Waals surface area (Å²) in [6, 6.07) is 15.2. The second-order valence-electron chi connectivity index (χ2n) is 6.21. The Hall–Kier alpha value is -2.41. The molecule has 3 N–H and O–H groups in total. The Morgan fingerprint density at radius 3 is 2.48 bits per heavy atom. The molecule has 0 saturated carbocycles. The Kier molecular flexibility index (Phi) is 6.11. The van der Waals surface area contributed by atoms with Crippen LogP contribution in [0.15, 0.2) is 48.5 Å². The minimum atomic E-state index is -0.0823. The Bertz CT molecular complexity index is 919. The van der Waals surface area contributed by atoms with Crippen molar-refractivity contribution >= 4 is 40.8 Å². The number of benzene rings is 2. The lowest BCUT2D eigenvalue weighted by atomic mass is 10.2. The number of nitrogens with one attached hydrogen (secondary N) is 1. The Morgan fingerprint density at radius 1 is 1.04 bits per heavy atom. The number of nitrogens with zero attached hydrogens (tertiary/aromatic N) is 4. The standard InChI is InChI=1S/C19H20Cl2N6/c1-12(27(2)11-13-8-9-15(20)16(21)10-13)17-24-18(22)26-19(25-17)23-14-6-4-3-5-7-14/h3-10,12H,11H2,1-2H3,(H3,22,23,24,25,26)/t12-/m0/s1. The average Bonchev–Trinajstić information content (AvgIpc) is 2.64. The number of aromatic nitrogens is 3. The molecule has 0 aliphatic heterocycles. The van der Waals surface area contributed by atoms with E-state index < -0.39 is 0 Å². The fourth-order valence-electron chi connectivity index (χ4n) is 2.56. The van der Waals surface area contributed by atoms with Crippen LogP contribution in [0.4, 0.5) is 17.6 Å². The second kappa shape index (κ2) is 8.52. The highest BCUT2D eigenvalue weighted by atomic mass is 35.5. The van der Waals surface area contributed by atoms with Gasteiger partial charge in [-0.05, 0) is 43.8 Å². The van der Waals surface area contributed by atoms with Crippen LogP contribution < -0.4 is 11.1 Å². The van der Waals surface area contributed by atoms with Gasteiger partial charge in [-0.2, -0.15) is 15.0 Å². The number of hydrogen-bond donors (Lipinski definition) is 2. The third-order valence-corrected chi connectivity index (χ3v) is 4.89. The van der Waals surface area contributed by atoms with Crippen LogP contribution in [0.5, 0.6) is 0 Å². The normalized spacial score (nSPS) is 12.2. The molecule has 0 fully saturated rings. The Labute approximate surface area is 168 Å². The lowest BCUT2D eigenvalue weighted by Crippen LogP contribution is -2.24. The summed E-state index contributed by atoms with van der Waals surface area (Å²) in [6.07, 6.45) is 0. The summed E-state index contributed by atoms with van der Waals surface area (Å²) in [5, 5.41) is 4.23. The van der Waals surface area contributed by atoms with Crippen LogP contribution in [0, 0.1) is 0 Å². The molecule has 0 spiro atoms. The van der Waals surface area contributed by atoms with Crippen molar-refractivity contribution < 1.29 is 0 Å². The number of nitrogens with two attached hydrogens (primary N) is 1. The SMILES string of the molecule is C[C@@H](c1nc(N)nc(Nc2ccccc2)n1)N(C)Cc1ccc(Cl)c(Cl)c1. The summed E-state index contributed by atoms with van der Waals surface area (Å²) >= 11 is 12.1. The molecular formula is C19H20Cl2N6. The summed E-state index contributed by atoms with van der Waals surface area (Å²) in [4.78, 5) is 15.1. The molecule has 140 valence electrons. The molecule has 1 heterocycles. The van der Waals surface area contributed by atoms with Crippen LogP contribution in [0.3, 0.4) is 0 Å². The van der Waals surface area contributed by atoms with Gasteiger partial charge < -0.3 is 11.1 Å². The molecule has 1 atom stereocenters. The average molecular weight is 403 g/mol. The van der Waals surface area contributed by atoms with Crippen molar-refractivity contribution in [2.45, 2.75) is 19.5 Å². The predicted octanol–water partition coefficient (Wildman–Crippen LogP) is 4.70. The summed E-state index contributed by atoms with van der Waals surface area (Å²) < 4.78 is 0. The maximum absolute atomic E-state index is 6.10. The van der Waals surface area contributed by atoms with Gasteiger partial charge in [0.05, 0.1) is 16.1 Å². The Balaban J connectivity index is 1.76. The first kappa shape index (κ1) is 19.4. The van der Waals surface area contributed by atoms with Gasteiger partial charge in [-0.15, -0.1) is 0 Å². The lowest BCUT2D eigenvalue weighted by Gasteiger charge is -2.24. The molecule has 6 nitrogen and oxygen atoms in total. The van der Waals surface area contributed by atoms with Crippen molar-refractivity contribution in [3.8, 4) is 0 Å². The van der Waals surface area contributed by atoms with Gasteiger partial charge in [0.25, 0.3) is 0 Å². The van der Waals surface area contributed by atoms with Gasteiger partial charge >= 0.3 is 0 Å². The topological polar surface area (TPSA) is 80.0 Å². The lowest BCUT2D eigenvalue weighted by molar-refractivity contribution is 0.244. The van der Waals surface area contributed by atoms with Gasteiger partial charge in [-0.25, -0.2) is 0 Å². The van der Waals surface area contributed by atoms with E-state index in [1.165, 1.54) is 0 Å². The van der Waals surface area contributed by atoms with Crippen LogP contribution in [0.25, 0.3) is 0 Å². The molecule has 0 unspecified atom stereocenters. The third-order valence-electron chi connectivity index (χ3n) is 4.15. The number of hydrogen-bond acceptors (Lipinski definition) is 6. The summed E-state index contributed by atoms with van der Waals surface area (Å²) in [7, 11) is 1.98. The van der Waals surface area contributed by atoms with E-state index in [2.05, 4.69) is 25.2 Å². The van der Waals surface area contributed by atoms with E-state index in [1.54, 1.807) is 6.07 Å². The zero-order chi connectivity index (χ0) is 19.4. The monoisotopic (exact) mass is 402 g/mol. The molecule has 0 bridgehead atoms.